The van der Waals surface area contributed by atoms with Crippen LogP contribution in [0.5, 0.6) is 0 Å². The van der Waals surface area contributed by atoms with Gasteiger partial charge < -0.3 is 0 Å². The van der Waals surface area contributed by atoms with Gasteiger partial charge in [-0.05, 0) is 40.6 Å². The first-order chi connectivity index (χ1) is 8.05. The molecule has 0 atom stereocenters. The molecule has 0 saturated heterocycles. The van der Waals surface area contributed by atoms with E-state index in [2.05, 4.69) is 40.7 Å². The van der Waals surface area contributed by atoms with Crippen LogP contribution in [0.3, 0.4) is 0 Å². The summed E-state index contributed by atoms with van der Waals surface area (Å²) in [5.74, 6) is 2.73. The number of benzene rings is 1. The van der Waals surface area contributed by atoms with Crippen LogP contribution in [-0.2, 0) is 15.6 Å². The molecule has 2 nitrogen and oxygen atoms in total. The van der Waals surface area contributed by atoms with Crippen LogP contribution in [0.15, 0.2) is 24.3 Å². The fraction of sp³-hybridized carbons (Fsp3) is 0.385. The van der Waals surface area contributed by atoms with E-state index in [4.69, 9.17) is 0 Å². The molecular formula is C13H15IO2S. The van der Waals surface area contributed by atoms with Crippen molar-refractivity contribution in [1.29, 1.82) is 0 Å². The van der Waals surface area contributed by atoms with E-state index in [9.17, 15) is 8.42 Å². The van der Waals surface area contributed by atoms with Gasteiger partial charge in [0.05, 0.1) is 5.75 Å². The number of halogens is 1. The normalized spacial score (nSPS) is 10.7. The number of hydrogen-bond acceptors (Lipinski definition) is 2. The fourth-order valence-corrected chi connectivity index (χ4v) is 3.17. The summed E-state index contributed by atoms with van der Waals surface area (Å²) < 4.78 is 24.4. The van der Waals surface area contributed by atoms with Crippen molar-refractivity contribution in [2.75, 3.05) is 0 Å². The maximum absolute atomic E-state index is 11.7. The quantitative estimate of drug-likeness (QED) is 0.356. The van der Waals surface area contributed by atoms with Crippen molar-refractivity contribution < 1.29 is 8.42 Å². The topological polar surface area (TPSA) is 34.1 Å². The molecule has 0 bridgehead atoms. The SMILES string of the molecule is CCCCC#CS(=O)(=O)Cc1ccccc1I. The van der Waals surface area contributed by atoms with Gasteiger partial charge in [-0.15, -0.1) is 0 Å². The van der Waals surface area contributed by atoms with Crippen molar-refractivity contribution in [3.8, 4) is 11.2 Å². The van der Waals surface area contributed by atoms with Gasteiger partial charge >= 0.3 is 0 Å². The van der Waals surface area contributed by atoms with Gasteiger partial charge in [0.2, 0.25) is 9.84 Å². The number of sulfone groups is 1. The lowest BCUT2D eigenvalue weighted by Gasteiger charge is -2.00. The van der Waals surface area contributed by atoms with E-state index in [-0.39, 0.29) is 5.75 Å². The summed E-state index contributed by atoms with van der Waals surface area (Å²) in [4.78, 5) is 0. The van der Waals surface area contributed by atoms with Gasteiger partial charge in [-0.25, -0.2) is 8.42 Å². The van der Waals surface area contributed by atoms with E-state index in [1.165, 1.54) is 0 Å². The molecule has 0 saturated carbocycles. The van der Waals surface area contributed by atoms with Gasteiger partial charge in [-0.2, -0.15) is 0 Å². The Bertz CT molecular complexity index is 524. The van der Waals surface area contributed by atoms with Crippen LogP contribution >= 0.6 is 22.6 Å². The van der Waals surface area contributed by atoms with Crippen LogP contribution in [0.25, 0.3) is 0 Å². The summed E-state index contributed by atoms with van der Waals surface area (Å²) in [6, 6.07) is 7.46. The van der Waals surface area contributed by atoms with Gasteiger partial charge in [0.1, 0.15) is 0 Å². The Morgan fingerprint density at radius 3 is 2.65 bits per heavy atom. The predicted molar refractivity (Wildman–Crippen MR) is 79.1 cm³/mol. The highest BCUT2D eigenvalue weighted by molar-refractivity contribution is 14.1. The van der Waals surface area contributed by atoms with Crippen LogP contribution in [0.2, 0.25) is 0 Å². The van der Waals surface area contributed by atoms with Gasteiger partial charge in [0, 0.05) is 15.2 Å². The van der Waals surface area contributed by atoms with Gasteiger partial charge in [-0.1, -0.05) is 37.5 Å². The van der Waals surface area contributed by atoms with Crippen molar-refractivity contribution in [2.24, 2.45) is 0 Å². The van der Waals surface area contributed by atoms with Crippen molar-refractivity contribution >= 4 is 32.4 Å². The molecule has 1 aromatic rings. The van der Waals surface area contributed by atoms with Crippen molar-refractivity contribution in [3.63, 3.8) is 0 Å². The third-order valence-electron chi connectivity index (χ3n) is 2.19. The molecule has 0 radical (unpaired) electrons. The Hall–Kier alpha value is -0.540. The highest BCUT2D eigenvalue weighted by Crippen LogP contribution is 2.14. The lowest BCUT2D eigenvalue weighted by molar-refractivity contribution is 0.605. The summed E-state index contributed by atoms with van der Waals surface area (Å²) in [5, 5.41) is 2.39. The van der Waals surface area contributed by atoms with Crippen LogP contribution in [0.4, 0.5) is 0 Å². The third kappa shape index (κ3) is 5.55. The summed E-state index contributed by atoms with van der Waals surface area (Å²) in [7, 11) is -3.30. The first-order valence-corrected chi connectivity index (χ1v) is 8.24. The standard InChI is InChI=1S/C13H15IO2S/c1-2-3-4-7-10-17(15,16)11-12-8-5-6-9-13(12)14/h5-6,8-9H,2-4,11H2,1H3. The Morgan fingerprint density at radius 2 is 2.00 bits per heavy atom. The zero-order valence-electron chi connectivity index (χ0n) is 9.74. The molecule has 0 aliphatic carbocycles. The summed E-state index contributed by atoms with van der Waals surface area (Å²) in [6.45, 7) is 2.06. The van der Waals surface area contributed by atoms with Gasteiger partial charge in [-0.3, -0.25) is 0 Å². The number of unbranched alkanes of at least 4 members (excludes halogenated alkanes) is 2. The zero-order valence-corrected chi connectivity index (χ0v) is 12.7. The molecule has 0 aliphatic rings. The second-order valence-corrected chi connectivity index (χ2v) is 6.62. The Balaban J connectivity index is 2.73. The highest BCUT2D eigenvalue weighted by atomic mass is 127. The van der Waals surface area contributed by atoms with Crippen LogP contribution in [0, 0.1) is 14.7 Å². The average molecular weight is 362 g/mol. The monoisotopic (exact) mass is 362 g/mol. The van der Waals surface area contributed by atoms with Crippen molar-refractivity contribution in [1.82, 2.24) is 0 Å². The van der Waals surface area contributed by atoms with E-state index in [0.717, 1.165) is 22.0 Å². The molecule has 0 fully saturated rings. The van der Waals surface area contributed by atoms with E-state index in [0.29, 0.717) is 6.42 Å². The van der Waals surface area contributed by atoms with Crippen LogP contribution in [0.1, 0.15) is 31.7 Å². The Labute approximate surface area is 117 Å². The zero-order chi connectivity index (χ0) is 12.7. The summed E-state index contributed by atoms with van der Waals surface area (Å²) in [6.07, 6.45) is 2.64. The lowest BCUT2D eigenvalue weighted by atomic mass is 10.2. The molecule has 0 aliphatic heterocycles. The van der Waals surface area contributed by atoms with Crippen molar-refractivity contribution in [3.05, 3.63) is 33.4 Å². The third-order valence-corrected chi connectivity index (χ3v) is 4.39. The summed E-state index contributed by atoms with van der Waals surface area (Å²) >= 11 is 2.14. The molecule has 0 N–H and O–H groups in total. The molecule has 92 valence electrons. The van der Waals surface area contributed by atoms with Crippen LogP contribution < -0.4 is 0 Å². The molecule has 0 aromatic heterocycles. The number of hydrogen-bond donors (Lipinski definition) is 0. The molecule has 1 rings (SSSR count). The minimum atomic E-state index is -3.30. The minimum Gasteiger partial charge on any atom is -0.215 e. The average Bonchev–Trinajstić information content (AvgIpc) is 2.28. The lowest BCUT2D eigenvalue weighted by Crippen LogP contribution is -2.02. The minimum absolute atomic E-state index is 0.00520. The maximum atomic E-state index is 11.7. The molecule has 0 heterocycles. The summed E-state index contributed by atoms with van der Waals surface area (Å²) in [5.41, 5.74) is 0.817. The molecule has 0 spiro atoms. The van der Waals surface area contributed by atoms with Gasteiger partial charge in [0.15, 0.2) is 0 Å². The van der Waals surface area contributed by atoms with Crippen molar-refractivity contribution in [2.45, 2.75) is 31.9 Å². The molecule has 4 heteroatoms. The molecular weight excluding hydrogens is 347 g/mol. The molecule has 0 amide bonds. The highest BCUT2D eigenvalue weighted by Gasteiger charge is 2.10. The van der Waals surface area contributed by atoms with E-state index >= 15 is 0 Å². The predicted octanol–water partition coefficient (Wildman–Crippen LogP) is 3.36. The fourth-order valence-electron chi connectivity index (χ4n) is 1.28. The van der Waals surface area contributed by atoms with E-state index in [1.807, 2.05) is 24.3 Å². The second kappa shape index (κ2) is 7.02. The largest absolute Gasteiger partial charge is 0.220 e. The van der Waals surface area contributed by atoms with Crippen LogP contribution in [-0.4, -0.2) is 8.42 Å². The van der Waals surface area contributed by atoms with E-state index < -0.39 is 9.84 Å². The Kier molecular flexibility index (Phi) is 6.00. The van der Waals surface area contributed by atoms with Gasteiger partial charge in [0.25, 0.3) is 0 Å². The smallest absolute Gasteiger partial charge is 0.215 e. The first-order valence-electron chi connectivity index (χ1n) is 5.51. The molecule has 0 unspecified atom stereocenters. The first kappa shape index (κ1) is 14.5. The second-order valence-electron chi connectivity index (χ2n) is 3.73. The maximum Gasteiger partial charge on any atom is 0.220 e. The number of rotatable bonds is 4. The Morgan fingerprint density at radius 1 is 1.29 bits per heavy atom. The molecule has 17 heavy (non-hydrogen) atoms. The molecule has 1 aromatic carbocycles. The van der Waals surface area contributed by atoms with E-state index in [1.54, 1.807) is 0 Å².